The quantitative estimate of drug-likeness (QED) is 0.671. The zero-order valence-electron chi connectivity index (χ0n) is 13.8. The first-order chi connectivity index (χ1) is 11.8. The highest BCUT2D eigenvalue weighted by molar-refractivity contribution is 7.98. The number of benzene rings is 2. The molecular formula is C19H20ClN3OS. The normalized spacial score (nSPS) is 12.7. The van der Waals surface area contributed by atoms with Crippen LogP contribution in [0.5, 0.6) is 0 Å². The zero-order chi connectivity index (χ0) is 16.4. The van der Waals surface area contributed by atoms with E-state index >= 15 is 0 Å². The number of nitrogens with two attached hydrogens (primary N) is 1. The van der Waals surface area contributed by atoms with Crippen molar-refractivity contribution in [2.24, 2.45) is 5.73 Å². The van der Waals surface area contributed by atoms with E-state index in [1.54, 1.807) is 11.8 Å². The summed E-state index contributed by atoms with van der Waals surface area (Å²) in [4.78, 5) is 5.76. The van der Waals surface area contributed by atoms with Gasteiger partial charge in [0.15, 0.2) is 0 Å². The highest BCUT2D eigenvalue weighted by Crippen LogP contribution is 2.29. The van der Waals surface area contributed by atoms with Crippen LogP contribution in [0, 0.1) is 0 Å². The Balaban J connectivity index is 0.00000182. The van der Waals surface area contributed by atoms with Gasteiger partial charge in [0.1, 0.15) is 0 Å². The highest BCUT2D eigenvalue weighted by atomic mass is 35.5. The molecule has 130 valence electrons. The first-order valence-electron chi connectivity index (χ1n) is 8.18. The fraction of sp³-hybridized carbons (Fsp3) is 0.263. The molecule has 3 aromatic rings. The summed E-state index contributed by atoms with van der Waals surface area (Å²) in [5, 5.41) is 4.08. The molecule has 0 radical (unpaired) electrons. The molecule has 1 aromatic heterocycles. The van der Waals surface area contributed by atoms with E-state index in [2.05, 4.69) is 28.3 Å². The fourth-order valence-corrected chi connectivity index (χ4v) is 3.80. The molecule has 4 rings (SSSR count). The summed E-state index contributed by atoms with van der Waals surface area (Å²) in [5.41, 5.74) is 10.7. The van der Waals surface area contributed by atoms with Gasteiger partial charge in [0.2, 0.25) is 11.7 Å². The van der Waals surface area contributed by atoms with Crippen LogP contribution in [-0.2, 0) is 25.1 Å². The Kier molecular flexibility index (Phi) is 5.78. The Morgan fingerprint density at radius 1 is 1.04 bits per heavy atom. The van der Waals surface area contributed by atoms with Gasteiger partial charge in [0.25, 0.3) is 0 Å². The van der Waals surface area contributed by atoms with E-state index in [9.17, 15) is 0 Å². The van der Waals surface area contributed by atoms with Crippen LogP contribution in [0.1, 0.15) is 29.0 Å². The van der Waals surface area contributed by atoms with Crippen molar-refractivity contribution in [3.8, 4) is 11.4 Å². The van der Waals surface area contributed by atoms with Gasteiger partial charge in [-0.3, -0.25) is 0 Å². The maximum absolute atomic E-state index is 5.62. The molecule has 1 aliphatic rings. The number of fused-ring (bicyclic) bond motifs is 1. The first kappa shape index (κ1) is 18.0. The summed E-state index contributed by atoms with van der Waals surface area (Å²) in [7, 11) is 0. The van der Waals surface area contributed by atoms with Crippen molar-refractivity contribution in [3.63, 3.8) is 0 Å². The average molecular weight is 374 g/mol. The number of hydrogen-bond donors (Lipinski definition) is 1. The van der Waals surface area contributed by atoms with Gasteiger partial charge in [-0.05, 0) is 48.1 Å². The summed E-state index contributed by atoms with van der Waals surface area (Å²) in [5.74, 6) is 1.97. The number of thioether (sulfide) groups is 1. The van der Waals surface area contributed by atoms with Gasteiger partial charge < -0.3 is 10.3 Å². The van der Waals surface area contributed by atoms with Crippen molar-refractivity contribution in [1.82, 2.24) is 10.1 Å². The van der Waals surface area contributed by atoms with Gasteiger partial charge in [-0.25, -0.2) is 0 Å². The van der Waals surface area contributed by atoms with Crippen molar-refractivity contribution in [2.75, 3.05) is 0 Å². The third-order valence-electron chi connectivity index (χ3n) is 4.35. The van der Waals surface area contributed by atoms with E-state index in [0.29, 0.717) is 24.0 Å². The Morgan fingerprint density at radius 3 is 2.64 bits per heavy atom. The third kappa shape index (κ3) is 4.06. The lowest BCUT2D eigenvalue weighted by atomic mass is 10.1. The van der Waals surface area contributed by atoms with E-state index in [4.69, 9.17) is 10.3 Å². The molecule has 2 N–H and O–H groups in total. The van der Waals surface area contributed by atoms with Gasteiger partial charge in [0, 0.05) is 17.0 Å². The molecule has 0 saturated carbocycles. The van der Waals surface area contributed by atoms with Crippen molar-refractivity contribution < 1.29 is 4.52 Å². The van der Waals surface area contributed by atoms with Crippen molar-refractivity contribution in [1.29, 1.82) is 0 Å². The molecule has 0 bridgehead atoms. The molecule has 6 heteroatoms. The molecule has 0 unspecified atom stereocenters. The Bertz CT molecular complexity index is 848. The molecule has 4 nitrogen and oxygen atoms in total. The van der Waals surface area contributed by atoms with Crippen LogP contribution in [0.2, 0.25) is 0 Å². The largest absolute Gasteiger partial charge is 0.338 e. The number of halogens is 1. The maximum Gasteiger partial charge on any atom is 0.237 e. The number of rotatable bonds is 5. The minimum absolute atomic E-state index is 0. The minimum atomic E-state index is 0. The average Bonchev–Trinajstić information content (AvgIpc) is 3.29. The van der Waals surface area contributed by atoms with Gasteiger partial charge in [-0.15, -0.1) is 24.2 Å². The van der Waals surface area contributed by atoms with Crippen LogP contribution in [0.15, 0.2) is 51.9 Å². The molecule has 0 atom stereocenters. The number of nitrogens with zero attached hydrogens (tertiary/aromatic N) is 2. The van der Waals surface area contributed by atoms with Gasteiger partial charge in [-0.2, -0.15) is 4.98 Å². The van der Waals surface area contributed by atoms with Crippen LogP contribution >= 0.6 is 24.2 Å². The predicted octanol–water partition coefficient (Wildman–Crippen LogP) is 4.40. The van der Waals surface area contributed by atoms with Crippen LogP contribution < -0.4 is 5.73 Å². The van der Waals surface area contributed by atoms with Crippen LogP contribution in [0.4, 0.5) is 0 Å². The van der Waals surface area contributed by atoms with Crippen molar-refractivity contribution in [3.05, 3.63) is 65.0 Å². The van der Waals surface area contributed by atoms with Crippen molar-refractivity contribution in [2.45, 2.75) is 36.5 Å². The molecule has 0 fully saturated rings. The summed E-state index contributed by atoms with van der Waals surface area (Å²) < 4.78 is 5.38. The predicted molar refractivity (Wildman–Crippen MR) is 103 cm³/mol. The summed E-state index contributed by atoms with van der Waals surface area (Å²) >= 11 is 1.74. The summed E-state index contributed by atoms with van der Waals surface area (Å²) in [6.07, 6.45) is 3.70. The maximum atomic E-state index is 5.62. The first-order valence-corrected chi connectivity index (χ1v) is 9.17. The lowest BCUT2D eigenvalue weighted by Gasteiger charge is -2.02. The molecule has 0 amide bonds. The minimum Gasteiger partial charge on any atom is -0.338 e. The van der Waals surface area contributed by atoms with Crippen LogP contribution in [-0.4, -0.2) is 10.1 Å². The van der Waals surface area contributed by atoms with Crippen molar-refractivity contribution >= 4 is 24.2 Å². The molecule has 1 aliphatic carbocycles. The SMILES string of the molecule is Cl.NCc1ccc(-c2noc(CSc3ccc4c(c3)CCC4)n2)cc1. The topological polar surface area (TPSA) is 64.9 Å². The monoisotopic (exact) mass is 373 g/mol. The fourth-order valence-electron chi connectivity index (χ4n) is 3.00. The smallest absolute Gasteiger partial charge is 0.237 e. The molecular weight excluding hydrogens is 354 g/mol. The zero-order valence-corrected chi connectivity index (χ0v) is 15.4. The van der Waals surface area contributed by atoms with Gasteiger partial charge in [-0.1, -0.05) is 35.5 Å². The Hall–Kier alpha value is -1.82. The number of hydrogen-bond acceptors (Lipinski definition) is 5. The van der Waals surface area contributed by atoms with E-state index < -0.39 is 0 Å². The molecule has 0 aliphatic heterocycles. The van der Waals surface area contributed by atoms with E-state index in [0.717, 1.165) is 11.1 Å². The second-order valence-electron chi connectivity index (χ2n) is 5.99. The van der Waals surface area contributed by atoms with E-state index in [-0.39, 0.29) is 12.4 Å². The third-order valence-corrected chi connectivity index (χ3v) is 5.33. The molecule has 0 saturated heterocycles. The Morgan fingerprint density at radius 2 is 1.84 bits per heavy atom. The van der Waals surface area contributed by atoms with E-state index in [1.165, 1.54) is 35.3 Å². The van der Waals surface area contributed by atoms with Gasteiger partial charge in [0.05, 0.1) is 5.75 Å². The molecule has 1 heterocycles. The number of aromatic nitrogens is 2. The lowest BCUT2D eigenvalue weighted by Crippen LogP contribution is -1.95. The Labute approximate surface area is 157 Å². The van der Waals surface area contributed by atoms with E-state index in [1.807, 2.05) is 24.3 Å². The molecule has 25 heavy (non-hydrogen) atoms. The van der Waals surface area contributed by atoms with Crippen LogP contribution in [0.25, 0.3) is 11.4 Å². The van der Waals surface area contributed by atoms with Gasteiger partial charge >= 0.3 is 0 Å². The molecule has 2 aromatic carbocycles. The van der Waals surface area contributed by atoms with Crippen LogP contribution in [0.3, 0.4) is 0 Å². The number of aryl methyl sites for hydroxylation is 2. The lowest BCUT2D eigenvalue weighted by molar-refractivity contribution is 0.391. The second kappa shape index (κ2) is 8.04. The summed E-state index contributed by atoms with van der Waals surface area (Å²) in [6.45, 7) is 0.537. The highest BCUT2D eigenvalue weighted by Gasteiger charge is 2.12. The summed E-state index contributed by atoms with van der Waals surface area (Å²) in [6, 6.07) is 14.7. The molecule has 0 spiro atoms. The second-order valence-corrected chi connectivity index (χ2v) is 7.03. The standard InChI is InChI=1S/C19H19N3OS.ClH/c20-11-13-4-6-15(7-5-13)19-21-18(23-22-19)12-24-17-9-8-14-2-1-3-16(14)10-17;/h4-10H,1-3,11-12,20H2;1H.